The lowest BCUT2D eigenvalue weighted by molar-refractivity contribution is -0.137. The van der Waals surface area contributed by atoms with Gasteiger partial charge in [-0.15, -0.1) is 0 Å². The number of benzene rings is 4. The average molecular weight is 584 g/mol. The first-order valence-corrected chi connectivity index (χ1v) is 14.0. The maximum atomic E-state index is 10.6. The summed E-state index contributed by atoms with van der Waals surface area (Å²) < 4.78 is 7.75. The number of ether oxygens (including phenoxy) is 1. The minimum absolute atomic E-state index is 0.103. The Morgan fingerprint density at radius 2 is 1.59 bits per heavy atom. The standard InChI is InChI=1S/C34H28Cl2N2O3/c35-28-15-18-30(31(36)21-28)32-23-38(22-25-5-2-1-3-6-25)33(37-32)19-10-24-8-11-26(12-9-24)27-13-16-29(17-14-27)41-20-4-7-34(39)40/h1-3,5-6,8-19,21,23H,4,7,20,22H2,(H,39,40). The van der Waals surface area contributed by atoms with Crippen LogP contribution < -0.4 is 4.74 Å². The van der Waals surface area contributed by atoms with Gasteiger partial charge in [0.15, 0.2) is 0 Å². The minimum Gasteiger partial charge on any atom is -0.494 e. The molecule has 7 heteroatoms. The van der Waals surface area contributed by atoms with E-state index < -0.39 is 5.97 Å². The summed E-state index contributed by atoms with van der Waals surface area (Å²) in [5.41, 5.74) is 6.00. The maximum Gasteiger partial charge on any atom is 0.303 e. The summed E-state index contributed by atoms with van der Waals surface area (Å²) in [5.74, 6) is 0.731. The average Bonchev–Trinajstić information content (AvgIpc) is 3.37. The topological polar surface area (TPSA) is 64.3 Å². The molecule has 0 spiro atoms. The van der Waals surface area contributed by atoms with E-state index in [0.717, 1.165) is 39.5 Å². The minimum atomic E-state index is -0.813. The van der Waals surface area contributed by atoms with Crippen LogP contribution in [-0.4, -0.2) is 27.2 Å². The molecule has 0 aliphatic rings. The smallest absolute Gasteiger partial charge is 0.303 e. The van der Waals surface area contributed by atoms with E-state index in [0.29, 0.717) is 29.6 Å². The first kappa shape index (κ1) is 28.2. The number of carboxylic acid groups (broad SMARTS) is 1. The Bertz CT molecular complexity index is 1640. The Hall–Kier alpha value is -4.32. The van der Waals surface area contributed by atoms with Crippen molar-refractivity contribution < 1.29 is 14.6 Å². The van der Waals surface area contributed by atoms with Crippen molar-refractivity contribution in [2.24, 2.45) is 0 Å². The molecule has 5 aromatic rings. The number of rotatable bonds is 11. The number of nitrogens with zero attached hydrogens (tertiary/aromatic N) is 2. The molecule has 0 aliphatic heterocycles. The van der Waals surface area contributed by atoms with Crippen LogP contribution in [0.1, 0.15) is 29.8 Å². The molecule has 0 saturated carbocycles. The number of carbonyl (C=O) groups is 1. The van der Waals surface area contributed by atoms with Gasteiger partial charge in [0.05, 0.1) is 17.3 Å². The van der Waals surface area contributed by atoms with E-state index in [4.69, 9.17) is 38.0 Å². The van der Waals surface area contributed by atoms with Gasteiger partial charge in [-0.2, -0.15) is 0 Å². The van der Waals surface area contributed by atoms with Crippen molar-refractivity contribution in [2.45, 2.75) is 19.4 Å². The Labute approximate surface area is 249 Å². The second-order valence-electron chi connectivity index (χ2n) is 9.55. The highest BCUT2D eigenvalue weighted by molar-refractivity contribution is 6.36. The molecule has 1 aromatic heterocycles. The van der Waals surface area contributed by atoms with Gasteiger partial charge in [0.1, 0.15) is 11.6 Å². The first-order chi connectivity index (χ1) is 19.9. The van der Waals surface area contributed by atoms with Crippen LogP contribution in [0.4, 0.5) is 0 Å². The summed E-state index contributed by atoms with van der Waals surface area (Å²) >= 11 is 12.6. The van der Waals surface area contributed by atoms with Crippen LogP contribution >= 0.6 is 23.2 Å². The molecule has 0 unspecified atom stereocenters. The molecule has 0 bridgehead atoms. The van der Waals surface area contributed by atoms with E-state index in [-0.39, 0.29) is 6.42 Å². The first-order valence-electron chi connectivity index (χ1n) is 13.2. The summed E-state index contributed by atoms with van der Waals surface area (Å²) in [6.45, 7) is 1.06. The summed E-state index contributed by atoms with van der Waals surface area (Å²) in [5, 5.41) is 9.89. The largest absolute Gasteiger partial charge is 0.494 e. The number of aliphatic carboxylic acids is 1. The zero-order valence-corrected chi connectivity index (χ0v) is 23.7. The lowest BCUT2D eigenvalue weighted by Crippen LogP contribution is -2.01. The molecule has 0 radical (unpaired) electrons. The number of halogens is 2. The predicted molar refractivity (Wildman–Crippen MR) is 166 cm³/mol. The van der Waals surface area contributed by atoms with Gasteiger partial charge < -0.3 is 14.4 Å². The third-order valence-corrected chi connectivity index (χ3v) is 7.08. The molecule has 41 heavy (non-hydrogen) atoms. The molecular formula is C34H28Cl2N2O3. The zero-order chi connectivity index (χ0) is 28.6. The van der Waals surface area contributed by atoms with Crippen LogP contribution in [0.5, 0.6) is 5.75 Å². The van der Waals surface area contributed by atoms with Crippen molar-refractivity contribution in [3.8, 4) is 28.1 Å². The fraction of sp³-hybridized carbons (Fsp3) is 0.118. The molecule has 0 atom stereocenters. The Kier molecular flexibility index (Phi) is 9.19. The van der Waals surface area contributed by atoms with Gasteiger partial charge in [0.2, 0.25) is 0 Å². The molecule has 0 aliphatic carbocycles. The molecule has 0 amide bonds. The van der Waals surface area contributed by atoms with Crippen molar-refractivity contribution in [3.63, 3.8) is 0 Å². The molecule has 1 N–H and O–H groups in total. The van der Waals surface area contributed by atoms with E-state index in [1.54, 1.807) is 6.07 Å². The van der Waals surface area contributed by atoms with Crippen LogP contribution in [0.3, 0.4) is 0 Å². The van der Waals surface area contributed by atoms with Gasteiger partial charge >= 0.3 is 5.97 Å². The summed E-state index contributed by atoms with van der Waals surface area (Å²) in [6, 6.07) is 31.8. The van der Waals surface area contributed by atoms with E-state index in [9.17, 15) is 4.79 Å². The predicted octanol–water partition coefficient (Wildman–Crippen LogP) is 8.99. The number of imidazole rings is 1. The van der Waals surface area contributed by atoms with Crippen LogP contribution in [0.25, 0.3) is 34.5 Å². The lowest BCUT2D eigenvalue weighted by atomic mass is 10.0. The van der Waals surface area contributed by atoms with Crippen molar-refractivity contribution in [3.05, 3.63) is 130 Å². The SMILES string of the molecule is O=C(O)CCCOc1ccc(-c2ccc(C=Cc3nc(-c4ccc(Cl)cc4Cl)cn3Cc3ccccc3)cc2)cc1. The molecule has 206 valence electrons. The highest BCUT2D eigenvalue weighted by atomic mass is 35.5. The molecule has 1 heterocycles. The normalized spacial score (nSPS) is 11.2. The van der Waals surface area contributed by atoms with Crippen LogP contribution in [0.15, 0.2) is 103 Å². The summed E-state index contributed by atoms with van der Waals surface area (Å²) in [7, 11) is 0. The van der Waals surface area contributed by atoms with Crippen molar-refractivity contribution in [2.75, 3.05) is 6.61 Å². The van der Waals surface area contributed by atoms with E-state index in [1.165, 1.54) is 5.56 Å². The molecule has 5 nitrogen and oxygen atoms in total. The van der Waals surface area contributed by atoms with Crippen LogP contribution in [0, 0.1) is 0 Å². The Morgan fingerprint density at radius 3 is 2.27 bits per heavy atom. The van der Waals surface area contributed by atoms with Gasteiger partial charge in [-0.05, 0) is 65.1 Å². The maximum absolute atomic E-state index is 10.6. The van der Waals surface area contributed by atoms with Crippen LogP contribution in [0.2, 0.25) is 10.0 Å². The summed E-state index contributed by atoms with van der Waals surface area (Å²) in [6.07, 6.45) is 6.67. The fourth-order valence-electron chi connectivity index (χ4n) is 4.41. The van der Waals surface area contributed by atoms with Crippen LogP contribution in [-0.2, 0) is 11.3 Å². The molecule has 0 fully saturated rings. The fourth-order valence-corrected chi connectivity index (χ4v) is 4.92. The molecular weight excluding hydrogens is 555 g/mol. The number of carboxylic acids is 1. The van der Waals surface area contributed by atoms with Crippen molar-refractivity contribution >= 4 is 41.3 Å². The zero-order valence-electron chi connectivity index (χ0n) is 22.2. The molecule has 4 aromatic carbocycles. The molecule has 5 rings (SSSR count). The van der Waals surface area contributed by atoms with Crippen molar-refractivity contribution in [1.82, 2.24) is 9.55 Å². The monoisotopic (exact) mass is 582 g/mol. The number of aromatic nitrogens is 2. The summed E-state index contributed by atoms with van der Waals surface area (Å²) in [4.78, 5) is 15.5. The van der Waals surface area contributed by atoms with Gasteiger partial charge in [-0.1, -0.05) is 96.0 Å². The highest BCUT2D eigenvalue weighted by Crippen LogP contribution is 2.30. The second-order valence-corrected chi connectivity index (χ2v) is 10.4. The van der Waals surface area contributed by atoms with Crippen molar-refractivity contribution in [1.29, 1.82) is 0 Å². The van der Waals surface area contributed by atoms with E-state index in [1.807, 2.05) is 66.9 Å². The van der Waals surface area contributed by atoms with E-state index >= 15 is 0 Å². The Morgan fingerprint density at radius 1 is 0.878 bits per heavy atom. The Balaban J connectivity index is 1.32. The van der Waals surface area contributed by atoms with Gasteiger partial charge in [-0.25, -0.2) is 4.98 Å². The van der Waals surface area contributed by atoms with Gasteiger partial charge in [-0.3, -0.25) is 4.79 Å². The number of hydrogen-bond acceptors (Lipinski definition) is 3. The molecule has 0 saturated heterocycles. The van der Waals surface area contributed by atoms with Gasteiger partial charge in [0.25, 0.3) is 0 Å². The second kappa shape index (κ2) is 13.4. The highest BCUT2D eigenvalue weighted by Gasteiger charge is 2.12. The lowest BCUT2D eigenvalue weighted by Gasteiger charge is -2.07. The third-order valence-electron chi connectivity index (χ3n) is 6.54. The quantitative estimate of drug-likeness (QED) is 0.158. The number of hydrogen-bond donors (Lipinski definition) is 1. The third kappa shape index (κ3) is 7.66. The van der Waals surface area contributed by atoms with Gasteiger partial charge in [0, 0.05) is 29.7 Å². The van der Waals surface area contributed by atoms with E-state index in [2.05, 4.69) is 47.0 Å².